The molecule has 0 radical (unpaired) electrons. The number of benzene rings is 3. The molecule has 5 rings (SSSR count). The van der Waals surface area contributed by atoms with Gasteiger partial charge in [0, 0.05) is 37.3 Å². The Morgan fingerprint density at radius 2 is 1.57 bits per heavy atom. The standard InChI is InChI=1S/C34H35ClN4O3/c35-29-13-7-12-28(21-29)22-31-30(33(42)39(24-32(40)41)19-14-25-8-3-1-4-9-25)23-36-34(37-31)38-17-15-27(16-18-38)20-26-10-5-2-6-11-26/h1-13,21,23,27H,14-20,22,24H2,(H,40,41). The lowest BCUT2D eigenvalue weighted by atomic mass is 9.90. The third kappa shape index (κ3) is 7.95. The van der Waals surface area contributed by atoms with Gasteiger partial charge in [-0.15, -0.1) is 0 Å². The summed E-state index contributed by atoms with van der Waals surface area (Å²) in [6, 6.07) is 27.8. The van der Waals surface area contributed by atoms with E-state index in [2.05, 4.69) is 34.1 Å². The summed E-state index contributed by atoms with van der Waals surface area (Å²) in [5, 5.41) is 10.2. The minimum atomic E-state index is -1.07. The van der Waals surface area contributed by atoms with Crippen molar-refractivity contribution in [3.63, 3.8) is 0 Å². The van der Waals surface area contributed by atoms with Gasteiger partial charge in [0.25, 0.3) is 5.91 Å². The fourth-order valence-electron chi connectivity index (χ4n) is 5.49. The molecule has 1 aromatic heterocycles. The fraction of sp³-hybridized carbons (Fsp3) is 0.294. The van der Waals surface area contributed by atoms with Crippen LogP contribution in [-0.2, 0) is 24.1 Å². The summed E-state index contributed by atoms with van der Waals surface area (Å²) in [7, 11) is 0. The van der Waals surface area contributed by atoms with Crippen LogP contribution >= 0.6 is 11.6 Å². The van der Waals surface area contributed by atoms with E-state index in [0.29, 0.717) is 41.0 Å². The van der Waals surface area contributed by atoms with Crippen molar-refractivity contribution in [2.75, 3.05) is 31.1 Å². The highest BCUT2D eigenvalue weighted by Crippen LogP contribution is 2.26. The van der Waals surface area contributed by atoms with Crippen LogP contribution in [0.4, 0.5) is 5.95 Å². The number of carbonyl (C=O) groups excluding carboxylic acids is 1. The molecular weight excluding hydrogens is 548 g/mol. The molecule has 2 heterocycles. The van der Waals surface area contributed by atoms with Crippen molar-refractivity contribution in [1.29, 1.82) is 0 Å². The van der Waals surface area contributed by atoms with Crippen LogP contribution in [0.2, 0.25) is 5.02 Å². The van der Waals surface area contributed by atoms with Gasteiger partial charge in [0.05, 0.1) is 11.3 Å². The molecule has 1 N–H and O–H groups in total. The maximum atomic E-state index is 13.8. The monoisotopic (exact) mass is 582 g/mol. The molecule has 1 saturated heterocycles. The average Bonchev–Trinajstić information content (AvgIpc) is 3.00. The quantitative estimate of drug-likeness (QED) is 0.235. The number of piperidine rings is 1. The normalized spacial score (nSPS) is 13.6. The van der Waals surface area contributed by atoms with E-state index in [1.54, 1.807) is 12.3 Å². The second-order valence-corrected chi connectivity index (χ2v) is 11.2. The van der Waals surface area contributed by atoms with Gasteiger partial charge in [-0.25, -0.2) is 9.97 Å². The van der Waals surface area contributed by atoms with Gasteiger partial charge in [0.15, 0.2) is 0 Å². The van der Waals surface area contributed by atoms with Crippen LogP contribution in [0.3, 0.4) is 0 Å². The van der Waals surface area contributed by atoms with E-state index >= 15 is 0 Å². The van der Waals surface area contributed by atoms with Gasteiger partial charge < -0.3 is 14.9 Å². The molecular formula is C34H35ClN4O3. The van der Waals surface area contributed by atoms with Crippen molar-refractivity contribution in [2.45, 2.75) is 32.1 Å². The number of hydrogen-bond acceptors (Lipinski definition) is 5. The zero-order valence-corrected chi connectivity index (χ0v) is 24.3. The number of aromatic nitrogens is 2. The van der Waals surface area contributed by atoms with E-state index in [-0.39, 0.29) is 6.54 Å². The Labute approximate surface area is 251 Å². The zero-order valence-electron chi connectivity index (χ0n) is 23.5. The summed E-state index contributed by atoms with van der Waals surface area (Å²) < 4.78 is 0. The van der Waals surface area contributed by atoms with Crippen molar-refractivity contribution in [2.24, 2.45) is 5.92 Å². The highest BCUT2D eigenvalue weighted by atomic mass is 35.5. The Hall–Kier alpha value is -4.23. The van der Waals surface area contributed by atoms with Crippen LogP contribution in [0.5, 0.6) is 0 Å². The number of amides is 1. The molecule has 216 valence electrons. The van der Waals surface area contributed by atoms with Crippen molar-refractivity contribution in [3.05, 3.63) is 124 Å². The van der Waals surface area contributed by atoms with Gasteiger partial charge in [-0.05, 0) is 60.4 Å². The number of carboxylic acids is 1. The molecule has 7 nitrogen and oxygen atoms in total. The van der Waals surface area contributed by atoms with Gasteiger partial charge in [-0.3, -0.25) is 9.59 Å². The Balaban J connectivity index is 1.37. The van der Waals surface area contributed by atoms with Crippen LogP contribution in [0, 0.1) is 5.92 Å². The number of hydrogen-bond donors (Lipinski definition) is 1. The van der Waals surface area contributed by atoms with Gasteiger partial charge >= 0.3 is 5.97 Å². The van der Waals surface area contributed by atoms with Crippen molar-refractivity contribution < 1.29 is 14.7 Å². The highest BCUT2D eigenvalue weighted by Gasteiger charge is 2.26. The average molecular weight is 583 g/mol. The highest BCUT2D eigenvalue weighted by molar-refractivity contribution is 6.30. The molecule has 1 aliphatic rings. The molecule has 0 atom stereocenters. The lowest BCUT2D eigenvalue weighted by Gasteiger charge is -2.32. The van der Waals surface area contributed by atoms with E-state index in [1.807, 2.05) is 54.6 Å². The van der Waals surface area contributed by atoms with Crippen LogP contribution in [0.15, 0.2) is 91.1 Å². The molecule has 8 heteroatoms. The first kappa shape index (κ1) is 29.3. The van der Waals surface area contributed by atoms with E-state index in [1.165, 1.54) is 10.5 Å². The molecule has 0 bridgehead atoms. The van der Waals surface area contributed by atoms with Crippen molar-refractivity contribution in [1.82, 2.24) is 14.9 Å². The van der Waals surface area contributed by atoms with Crippen molar-refractivity contribution >= 4 is 29.4 Å². The van der Waals surface area contributed by atoms with E-state index in [0.717, 1.165) is 43.5 Å². The molecule has 0 aliphatic carbocycles. The smallest absolute Gasteiger partial charge is 0.323 e. The van der Waals surface area contributed by atoms with Crippen molar-refractivity contribution in [3.8, 4) is 0 Å². The minimum Gasteiger partial charge on any atom is -0.480 e. The maximum absolute atomic E-state index is 13.8. The summed E-state index contributed by atoms with van der Waals surface area (Å²) in [6.07, 6.45) is 5.62. The summed E-state index contributed by atoms with van der Waals surface area (Å²) in [5.74, 6) is -0.261. The predicted octanol–water partition coefficient (Wildman–Crippen LogP) is 5.95. The number of aliphatic carboxylic acids is 1. The molecule has 4 aromatic rings. The Kier molecular flexibility index (Phi) is 9.82. The first-order valence-corrected chi connectivity index (χ1v) is 14.8. The molecule has 0 spiro atoms. The predicted molar refractivity (Wildman–Crippen MR) is 165 cm³/mol. The number of rotatable bonds is 11. The first-order chi connectivity index (χ1) is 20.4. The fourth-order valence-corrected chi connectivity index (χ4v) is 5.70. The molecule has 0 saturated carbocycles. The third-order valence-corrected chi connectivity index (χ3v) is 7.97. The minimum absolute atomic E-state index is 0.266. The van der Waals surface area contributed by atoms with Crippen LogP contribution in [-0.4, -0.2) is 58.0 Å². The summed E-state index contributed by atoms with van der Waals surface area (Å²) in [4.78, 5) is 38.6. The first-order valence-electron chi connectivity index (χ1n) is 14.4. The Morgan fingerprint density at radius 3 is 2.24 bits per heavy atom. The summed E-state index contributed by atoms with van der Waals surface area (Å²) in [6.45, 7) is 1.54. The lowest BCUT2D eigenvalue weighted by molar-refractivity contribution is -0.137. The van der Waals surface area contributed by atoms with E-state index < -0.39 is 18.4 Å². The lowest BCUT2D eigenvalue weighted by Crippen LogP contribution is -2.38. The van der Waals surface area contributed by atoms with E-state index in [9.17, 15) is 14.7 Å². The number of anilines is 1. The van der Waals surface area contributed by atoms with Gasteiger partial charge in [-0.2, -0.15) is 0 Å². The number of carboxylic acid groups (broad SMARTS) is 1. The molecule has 1 fully saturated rings. The topological polar surface area (TPSA) is 86.6 Å². The van der Waals surface area contributed by atoms with Crippen LogP contribution in [0.25, 0.3) is 0 Å². The van der Waals surface area contributed by atoms with Crippen LogP contribution < -0.4 is 4.90 Å². The number of nitrogens with zero attached hydrogens (tertiary/aromatic N) is 4. The zero-order chi connectivity index (χ0) is 29.3. The van der Waals surface area contributed by atoms with Gasteiger partial charge in [-0.1, -0.05) is 84.4 Å². The maximum Gasteiger partial charge on any atom is 0.323 e. The second kappa shape index (κ2) is 14.1. The Morgan fingerprint density at radius 1 is 0.905 bits per heavy atom. The van der Waals surface area contributed by atoms with Gasteiger partial charge in [0.1, 0.15) is 6.54 Å². The number of halogens is 1. The largest absolute Gasteiger partial charge is 0.480 e. The summed E-state index contributed by atoms with van der Waals surface area (Å²) in [5.41, 5.74) is 4.18. The summed E-state index contributed by atoms with van der Waals surface area (Å²) >= 11 is 6.26. The molecule has 0 unspecified atom stereocenters. The SMILES string of the molecule is O=C(O)CN(CCc1ccccc1)C(=O)c1cnc(N2CCC(Cc3ccccc3)CC2)nc1Cc1cccc(Cl)c1. The molecule has 1 amide bonds. The molecule has 1 aliphatic heterocycles. The number of carbonyl (C=O) groups is 2. The second-order valence-electron chi connectivity index (χ2n) is 10.8. The van der Waals surface area contributed by atoms with Crippen LogP contribution in [0.1, 0.15) is 45.6 Å². The third-order valence-electron chi connectivity index (χ3n) is 7.74. The molecule has 42 heavy (non-hydrogen) atoms. The molecule has 3 aromatic carbocycles. The van der Waals surface area contributed by atoms with E-state index in [4.69, 9.17) is 16.6 Å². The van der Waals surface area contributed by atoms with Gasteiger partial charge in [0.2, 0.25) is 5.95 Å². The Bertz CT molecular complexity index is 1490.